The third-order valence-electron chi connectivity index (χ3n) is 9.07. The van der Waals surface area contributed by atoms with Crippen LogP contribution >= 0.6 is 11.6 Å². The summed E-state index contributed by atoms with van der Waals surface area (Å²) in [5.41, 5.74) is 5.57. The van der Waals surface area contributed by atoms with Crippen LogP contribution < -0.4 is 0 Å². The van der Waals surface area contributed by atoms with Crippen LogP contribution in [0.5, 0.6) is 0 Å². The molecule has 0 aliphatic carbocycles. The zero-order chi connectivity index (χ0) is 34.5. The summed E-state index contributed by atoms with van der Waals surface area (Å²) in [7, 11) is 0. The second-order valence-electron chi connectivity index (χ2n) is 12.1. The van der Waals surface area contributed by atoms with E-state index in [0.717, 1.165) is 51.8 Å². The van der Waals surface area contributed by atoms with Gasteiger partial charge in [0.2, 0.25) is 0 Å². The number of nitrogens with zero attached hydrogens (tertiary/aromatic N) is 6. The number of carbonyl (C=O) groups is 1. The molecular formula is C41H35ClN6O2. The van der Waals surface area contributed by atoms with E-state index in [4.69, 9.17) is 21.9 Å². The summed E-state index contributed by atoms with van der Waals surface area (Å²) in [6, 6.07) is 47.1. The SMILES string of the molecule is CCCCc1nc(Cl)c(C(=O)O)n1Cc1ccc(-c2ccccc2)c(-c2nnnn2C(c2ccccc2)(c2ccccc2)c2ccccc2)c1. The van der Waals surface area contributed by atoms with E-state index in [1.807, 2.05) is 83.5 Å². The molecule has 0 atom stereocenters. The van der Waals surface area contributed by atoms with Crippen LogP contribution in [0.15, 0.2) is 140 Å². The molecule has 0 fully saturated rings. The van der Waals surface area contributed by atoms with Crippen molar-refractivity contribution in [2.24, 2.45) is 0 Å². The Bertz CT molecular complexity index is 2120. The van der Waals surface area contributed by atoms with E-state index in [2.05, 4.69) is 77.8 Å². The molecule has 2 aromatic heterocycles. The Labute approximate surface area is 295 Å². The highest BCUT2D eigenvalue weighted by Crippen LogP contribution is 2.43. The van der Waals surface area contributed by atoms with E-state index in [-0.39, 0.29) is 17.4 Å². The quantitative estimate of drug-likeness (QED) is 0.130. The second-order valence-corrected chi connectivity index (χ2v) is 12.5. The van der Waals surface area contributed by atoms with Gasteiger partial charge in [-0.3, -0.25) is 0 Å². The van der Waals surface area contributed by atoms with Crippen molar-refractivity contribution in [3.63, 3.8) is 0 Å². The monoisotopic (exact) mass is 678 g/mol. The maximum atomic E-state index is 12.4. The van der Waals surface area contributed by atoms with Gasteiger partial charge in [0.1, 0.15) is 11.4 Å². The highest BCUT2D eigenvalue weighted by Gasteiger charge is 2.42. The van der Waals surface area contributed by atoms with Crippen molar-refractivity contribution in [3.05, 3.63) is 178 Å². The molecule has 8 nitrogen and oxygen atoms in total. The van der Waals surface area contributed by atoms with Crippen molar-refractivity contribution >= 4 is 17.6 Å². The molecule has 0 radical (unpaired) electrons. The third-order valence-corrected chi connectivity index (χ3v) is 9.34. The summed E-state index contributed by atoms with van der Waals surface area (Å²) >= 11 is 6.41. The van der Waals surface area contributed by atoms with Crippen LogP contribution in [-0.2, 0) is 18.5 Å². The zero-order valence-corrected chi connectivity index (χ0v) is 28.3. The van der Waals surface area contributed by atoms with Crippen LogP contribution in [0.3, 0.4) is 0 Å². The normalized spacial score (nSPS) is 11.5. The van der Waals surface area contributed by atoms with E-state index < -0.39 is 11.5 Å². The number of benzene rings is 5. The molecule has 5 aromatic carbocycles. The predicted molar refractivity (Wildman–Crippen MR) is 195 cm³/mol. The van der Waals surface area contributed by atoms with Gasteiger partial charge in [0.25, 0.3) is 0 Å². The molecule has 9 heteroatoms. The number of rotatable bonds is 12. The number of imidazole rings is 1. The largest absolute Gasteiger partial charge is 0.476 e. The summed E-state index contributed by atoms with van der Waals surface area (Å²) in [4.78, 5) is 16.9. The first kappa shape index (κ1) is 32.7. The molecule has 2 heterocycles. The Morgan fingerprint density at radius 2 is 1.32 bits per heavy atom. The molecule has 248 valence electrons. The summed E-state index contributed by atoms with van der Waals surface area (Å²) in [5, 5.41) is 24.0. The summed E-state index contributed by atoms with van der Waals surface area (Å²) in [6.07, 6.45) is 2.42. The smallest absolute Gasteiger partial charge is 0.355 e. The van der Waals surface area contributed by atoms with Crippen LogP contribution in [0.4, 0.5) is 0 Å². The molecule has 0 aliphatic heterocycles. The number of aromatic nitrogens is 6. The van der Waals surface area contributed by atoms with E-state index in [1.165, 1.54) is 0 Å². The Morgan fingerprint density at radius 1 is 0.760 bits per heavy atom. The van der Waals surface area contributed by atoms with Gasteiger partial charge in [0.15, 0.2) is 16.7 Å². The Balaban J connectivity index is 1.49. The van der Waals surface area contributed by atoms with Crippen molar-refractivity contribution in [2.45, 2.75) is 38.3 Å². The fourth-order valence-electron chi connectivity index (χ4n) is 6.78. The Hall–Kier alpha value is -5.86. The van der Waals surface area contributed by atoms with Gasteiger partial charge in [-0.25, -0.2) is 14.5 Å². The first-order valence-corrected chi connectivity index (χ1v) is 17.0. The van der Waals surface area contributed by atoms with E-state index in [1.54, 1.807) is 4.57 Å². The van der Waals surface area contributed by atoms with Crippen LogP contribution in [0.25, 0.3) is 22.5 Å². The lowest BCUT2D eigenvalue weighted by atomic mass is 9.77. The minimum absolute atomic E-state index is 0.00737. The Morgan fingerprint density at radius 3 is 1.86 bits per heavy atom. The van der Waals surface area contributed by atoms with Gasteiger partial charge in [-0.2, -0.15) is 0 Å². The van der Waals surface area contributed by atoms with Crippen LogP contribution in [0.1, 0.15) is 58.3 Å². The molecule has 0 bridgehead atoms. The van der Waals surface area contributed by atoms with Crippen molar-refractivity contribution in [1.29, 1.82) is 0 Å². The topological polar surface area (TPSA) is 98.7 Å². The fourth-order valence-corrected chi connectivity index (χ4v) is 7.06. The molecule has 1 N–H and O–H groups in total. The highest BCUT2D eigenvalue weighted by molar-refractivity contribution is 6.32. The molecule has 7 aromatic rings. The Kier molecular flexibility index (Phi) is 9.36. The highest BCUT2D eigenvalue weighted by atomic mass is 35.5. The molecule has 0 aliphatic rings. The van der Waals surface area contributed by atoms with E-state index in [9.17, 15) is 9.90 Å². The summed E-state index contributed by atoms with van der Waals surface area (Å²) in [6.45, 7) is 2.34. The molecule has 7 rings (SSSR count). The van der Waals surface area contributed by atoms with Crippen molar-refractivity contribution in [3.8, 4) is 22.5 Å². The molecular weight excluding hydrogens is 644 g/mol. The number of tetrazole rings is 1. The molecule has 0 amide bonds. The predicted octanol–water partition coefficient (Wildman–Crippen LogP) is 8.79. The number of aromatic carboxylic acids is 1. The number of halogens is 1. The fraction of sp³-hybridized carbons (Fsp3) is 0.146. The van der Waals surface area contributed by atoms with Crippen molar-refractivity contribution < 1.29 is 9.90 Å². The van der Waals surface area contributed by atoms with Crippen molar-refractivity contribution in [1.82, 2.24) is 29.8 Å². The standard InChI is InChI=1S/C41H35ClN6O2/c1-2-3-24-36-43-38(42)37(40(49)50)47(36)28-29-25-26-34(30-16-8-4-9-17-30)35(27-29)39-44-45-46-48(39)41(31-18-10-5-11-19-31,32-20-12-6-13-21-32)33-22-14-7-15-23-33/h4-23,25-27H,2-3,24,28H2,1H3,(H,49,50). The van der Waals surface area contributed by atoms with Gasteiger partial charge in [-0.15, -0.1) is 5.10 Å². The maximum absolute atomic E-state index is 12.4. The van der Waals surface area contributed by atoms with Crippen molar-refractivity contribution in [2.75, 3.05) is 0 Å². The first-order valence-electron chi connectivity index (χ1n) is 16.6. The van der Waals surface area contributed by atoms with Gasteiger partial charge in [0.05, 0.1) is 0 Å². The number of carboxylic acids is 1. The van der Waals surface area contributed by atoms with Gasteiger partial charge in [0, 0.05) is 18.5 Å². The lowest BCUT2D eigenvalue weighted by Gasteiger charge is -2.36. The number of unbranched alkanes of at least 4 members (excludes halogenated alkanes) is 1. The average Bonchev–Trinajstić information content (AvgIpc) is 3.77. The van der Waals surface area contributed by atoms with Gasteiger partial charge >= 0.3 is 5.97 Å². The van der Waals surface area contributed by atoms with Crippen LogP contribution in [-0.4, -0.2) is 40.8 Å². The van der Waals surface area contributed by atoms with Gasteiger partial charge in [-0.1, -0.05) is 158 Å². The summed E-state index contributed by atoms with van der Waals surface area (Å²) < 4.78 is 3.63. The minimum Gasteiger partial charge on any atom is -0.476 e. The lowest BCUT2D eigenvalue weighted by Crippen LogP contribution is -2.39. The molecule has 0 unspecified atom stereocenters. The molecule has 0 saturated heterocycles. The minimum atomic E-state index is -1.12. The van der Waals surface area contributed by atoms with Gasteiger partial charge < -0.3 is 9.67 Å². The van der Waals surface area contributed by atoms with E-state index >= 15 is 0 Å². The second kappa shape index (κ2) is 14.3. The van der Waals surface area contributed by atoms with E-state index in [0.29, 0.717) is 18.1 Å². The van der Waals surface area contributed by atoms with Gasteiger partial charge in [-0.05, 0) is 56.3 Å². The number of hydrogen-bond acceptors (Lipinski definition) is 5. The van der Waals surface area contributed by atoms with Crippen LogP contribution in [0.2, 0.25) is 5.15 Å². The number of hydrogen-bond donors (Lipinski definition) is 1. The zero-order valence-electron chi connectivity index (χ0n) is 27.5. The molecule has 0 saturated carbocycles. The van der Waals surface area contributed by atoms with Crippen LogP contribution in [0, 0.1) is 0 Å². The third kappa shape index (κ3) is 5.99. The molecule has 50 heavy (non-hydrogen) atoms. The maximum Gasteiger partial charge on any atom is 0.355 e. The average molecular weight is 679 g/mol. The number of carboxylic acid groups (broad SMARTS) is 1. The first-order chi connectivity index (χ1) is 24.5. The molecule has 0 spiro atoms. The lowest BCUT2D eigenvalue weighted by molar-refractivity contribution is 0.0685. The number of aryl methyl sites for hydroxylation is 1. The summed E-state index contributed by atoms with van der Waals surface area (Å²) in [5.74, 6) is 0.0771.